The van der Waals surface area contributed by atoms with Crippen molar-refractivity contribution in [2.24, 2.45) is 7.05 Å². The van der Waals surface area contributed by atoms with E-state index in [4.69, 9.17) is 10.00 Å². The van der Waals surface area contributed by atoms with Crippen molar-refractivity contribution in [3.8, 4) is 17.7 Å². The zero-order valence-corrected chi connectivity index (χ0v) is 17.0. The highest BCUT2D eigenvalue weighted by atomic mass is 16.5. The second-order valence-corrected chi connectivity index (χ2v) is 6.87. The maximum absolute atomic E-state index is 12.4. The van der Waals surface area contributed by atoms with Crippen LogP contribution in [0.1, 0.15) is 34.5 Å². The molecule has 7 heteroatoms. The quantitative estimate of drug-likeness (QED) is 0.688. The molecule has 7 nitrogen and oxygen atoms in total. The monoisotopic (exact) mass is 389 g/mol. The molecule has 3 aromatic rings. The summed E-state index contributed by atoms with van der Waals surface area (Å²) in [5.41, 5.74) is 5.11. The van der Waals surface area contributed by atoms with Gasteiger partial charge in [-0.3, -0.25) is 9.48 Å². The van der Waals surface area contributed by atoms with Crippen LogP contribution in [0.5, 0.6) is 11.6 Å². The van der Waals surface area contributed by atoms with Crippen LogP contribution in [-0.2, 0) is 18.3 Å². The Morgan fingerprint density at radius 1 is 1.28 bits per heavy atom. The van der Waals surface area contributed by atoms with Gasteiger partial charge >= 0.3 is 0 Å². The molecule has 0 spiro atoms. The van der Waals surface area contributed by atoms with Gasteiger partial charge in [0.1, 0.15) is 17.4 Å². The molecule has 0 radical (unpaired) electrons. The second kappa shape index (κ2) is 8.57. The lowest BCUT2D eigenvalue weighted by Crippen LogP contribution is -2.13. The van der Waals surface area contributed by atoms with Crippen molar-refractivity contribution in [2.45, 2.75) is 33.6 Å². The van der Waals surface area contributed by atoms with E-state index in [2.05, 4.69) is 21.5 Å². The number of anilines is 1. The van der Waals surface area contributed by atoms with Crippen molar-refractivity contribution in [3.05, 3.63) is 64.6 Å². The van der Waals surface area contributed by atoms with E-state index in [0.29, 0.717) is 24.2 Å². The molecule has 0 aliphatic rings. The highest BCUT2D eigenvalue weighted by Gasteiger charge is 2.13. The molecule has 0 atom stereocenters. The molecule has 2 heterocycles. The number of aryl methyl sites for hydroxylation is 3. The van der Waals surface area contributed by atoms with Gasteiger partial charge < -0.3 is 10.1 Å². The number of hydrogen-bond donors (Lipinski definition) is 1. The summed E-state index contributed by atoms with van der Waals surface area (Å²) in [6.07, 6.45) is 2.60. The molecule has 1 amide bonds. The maximum atomic E-state index is 12.4. The third kappa shape index (κ3) is 4.61. The van der Waals surface area contributed by atoms with Gasteiger partial charge in [-0.05, 0) is 68.7 Å². The van der Waals surface area contributed by atoms with Crippen molar-refractivity contribution in [3.63, 3.8) is 0 Å². The zero-order valence-electron chi connectivity index (χ0n) is 17.0. The molecule has 148 valence electrons. The first-order valence-corrected chi connectivity index (χ1v) is 9.31. The summed E-state index contributed by atoms with van der Waals surface area (Å²) in [5, 5.41) is 16.5. The summed E-state index contributed by atoms with van der Waals surface area (Å²) in [7, 11) is 1.91. The maximum Gasteiger partial charge on any atom is 0.237 e. The third-order valence-corrected chi connectivity index (χ3v) is 4.84. The number of carbonyl (C=O) groups excluding carboxylic acids is 1. The van der Waals surface area contributed by atoms with E-state index in [-0.39, 0.29) is 11.8 Å². The first-order chi connectivity index (χ1) is 13.9. The Kier molecular flexibility index (Phi) is 5.93. The Morgan fingerprint density at radius 2 is 2.07 bits per heavy atom. The van der Waals surface area contributed by atoms with E-state index >= 15 is 0 Å². The van der Waals surface area contributed by atoms with Crippen molar-refractivity contribution in [1.29, 1.82) is 5.26 Å². The number of aromatic nitrogens is 3. The van der Waals surface area contributed by atoms with Crippen LogP contribution in [0.2, 0.25) is 0 Å². The second-order valence-electron chi connectivity index (χ2n) is 6.87. The predicted octanol–water partition coefficient (Wildman–Crippen LogP) is 3.98. The average Bonchev–Trinajstić information content (AvgIpc) is 2.94. The van der Waals surface area contributed by atoms with Gasteiger partial charge in [0.15, 0.2) is 0 Å². The van der Waals surface area contributed by atoms with E-state index in [0.717, 1.165) is 28.2 Å². The zero-order chi connectivity index (χ0) is 21.0. The van der Waals surface area contributed by atoms with Crippen LogP contribution in [0.4, 0.5) is 5.69 Å². The number of pyridine rings is 1. The standard InChI is InChI=1S/C22H23N5O2/c1-14-12-18(29-22-17(13-23)6-5-11-24-22)7-9-20(14)25-21(28)10-8-19-15(2)26-27(4)16(19)3/h5-7,9,11-12H,8,10H2,1-4H3,(H,25,28). The fourth-order valence-corrected chi connectivity index (χ4v) is 3.14. The molecule has 0 aliphatic heterocycles. The van der Waals surface area contributed by atoms with Crippen molar-refractivity contribution in [2.75, 3.05) is 5.32 Å². The number of ether oxygens (including phenoxy) is 1. The molecule has 0 aliphatic carbocycles. The topological polar surface area (TPSA) is 92.8 Å². The number of nitrogens with zero attached hydrogens (tertiary/aromatic N) is 4. The summed E-state index contributed by atoms with van der Waals surface area (Å²) in [5.74, 6) is 0.756. The summed E-state index contributed by atoms with van der Waals surface area (Å²) < 4.78 is 7.56. The van der Waals surface area contributed by atoms with E-state index in [1.54, 1.807) is 36.5 Å². The minimum Gasteiger partial charge on any atom is -0.438 e. The normalized spacial score (nSPS) is 10.4. The Labute approximate surface area is 170 Å². The van der Waals surface area contributed by atoms with Gasteiger partial charge in [-0.15, -0.1) is 0 Å². The molecule has 3 rings (SSSR count). The van der Waals surface area contributed by atoms with Crippen LogP contribution in [0.3, 0.4) is 0 Å². The summed E-state index contributed by atoms with van der Waals surface area (Å²) >= 11 is 0. The highest BCUT2D eigenvalue weighted by Crippen LogP contribution is 2.27. The van der Waals surface area contributed by atoms with E-state index in [1.165, 1.54) is 0 Å². The molecular formula is C22H23N5O2. The SMILES string of the molecule is Cc1cc(Oc2ncccc2C#N)ccc1NC(=O)CCc1c(C)nn(C)c1C. The number of carbonyl (C=O) groups is 1. The van der Waals surface area contributed by atoms with E-state index in [1.807, 2.05) is 32.5 Å². The van der Waals surface area contributed by atoms with Crippen LogP contribution < -0.4 is 10.1 Å². The van der Waals surface area contributed by atoms with Crippen molar-refractivity contribution in [1.82, 2.24) is 14.8 Å². The van der Waals surface area contributed by atoms with Gasteiger partial charge in [-0.25, -0.2) is 4.98 Å². The Balaban J connectivity index is 1.64. The molecular weight excluding hydrogens is 366 g/mol. The first-order valence-electron chi connectivity index (χ1n) is 9.31. The van der Waals surface area contributed by atoms with Gasteiger partial charge in [0.25, 0.3) is 0 Å². The molecule has 1 N–H and O–H groups in total. The van der Waals surface area contributed by atoms with Crippen molar-refractivity contribution < 1.29 is 9.53 Å². The number of rotatable bonds is 6. The average molecular weight is 389 g/mol. The molecule has 0 fully saturated rings. The fourth-order valence-electron chi connectivity index (χ4n) is 3.14. The number of nitriles is 1. The first kappa shape index (κ1) is 20.1. The summed E-state index contributed by atoms with van der Waals surface area (Å²) in [6.45, 7) is 5.86. The number of amides is 1. The number of benzene rings is 1. The van der Waals surface area contributed by atoms with Gasteiger partial charge in [0.05, 0.1) is 5.69 Å². The molecule has 2 aromatic heterocycles. The van der Waals surface area contributed by atoms with Crippen LogP contribution in [0, 0.1) is 32.1 Å². The van der Waals surface area contributed by atoms with Crippen LogP contribution in [0.25, 0.3) is 0 Å². The lowest BCUT2D eigenvalue weighted by atomic mass is 10.1. The smallest absolute Gasteiger partial charge is 0.237 e. The minimum absolute atomic E-state index is 0.0547. The van der Waals surface area contributed by atoms with Crippen molar-refractivity contribution >= 4 is 11.6 Å². The Morgan fingerprint density at radius 3 is 2.72 bits per heavy atom. The summed E-state index contributed by atoms with van der Waals surface area (Å²) in [6, 6.07) is 10.7. The minimum atomic E-state index is -0.0547. The molecule has 1 aromatic carbocycles. The molecule has 29 heavy (non-hydrogen) atoms. The fraction of sp³-hybridized carbons (Fsp3) is 0.273. The van der Waals surface area contributed by atoms with Crippen LogP contribution >= 0.6 is 0 Å². The number of nitrogens with one attached hydrogen (secondary N) is 1. The van der Waals surface area contributed by atoms with Crippen LogP contribution in [-0.4, -0.2) is 20.7 Å². The summed E-state index contributed by atoms with van der Waals surface area (Å²) in [4.78, 5) is 16.5. The van der Waals surface area contributed by atoms with Gasteiger partial charge in [0.2, 0.25) is 11.8 Å². The van der Waals surface area contributed by atoms with Crippen LogP contribution in [0.15, 0.2) is 36.5 Å². The molecule has 0 bridgehead atoms. The lowest BCUT2D eigenvalue weighted by Gasteiger charge is -2.11. The molecule has 0 saturated carbocycles. The van der Waals surface area contributed by atoms with E-state index in [9.17, 15) is 4.79 Å². The predicted molar refractivity (Wildman–Crippen MR) is 110 cm³/mol. The van der Waals surface area contributed by atoms with Gasteiger partial charge in [-0.1, -0.05) is 0 Å². The van der Waals surface area contributed by atoms with Gasteiger partial charge in [-0.2, -0.15) is 10.4 Å². The largest absolute Gasteiger partial charge is 0.438 e. The Hall–Kier alpha value is -3.66. The van der Waals surface area contributed by atoms with E-state index < -0.39 is 0 Å². The highest BCUT2D eigenvalue weighted by molar-refractivity contribution is 5.91. The number of hydrogen-bond acceptors (Lipinski definition) is 5. The Bertz CT molecular complexity index is 1100. The lowest BCUT2D eigenvalue weighted by molar-refractivity contribution is -0.116. The molecule has 0 saturated heterocycles. The molecule has 0 unspecified atom stereocenters. The van der Waals surface area contributed by atoms with Gasteiger partial charge in [0, 0.05) is 31.0 Å². The third-order valence-electron chi connectivity index (χ3n) is 4.84.